The molecule has 1 aliphatic heterocycles. The molecular formula is C16H22BrNO2. The molecule has 0 radical (unpaired) electrons. The van der Waals surface area contributed by atoms with E-state index in [4.69, 9.17) is 9.47 Å². The lowest BCUT2D eigenvalue weighted by molar-refractivity contribution is -0.0986. The van der Waals surface area contributed by atoms with E-state index in [1.807, 2.05) is 12.1 Å². The molecule has 1 fully saturated rings. The second-order valence-corrected chi connectivity index (χ2v) is 7.35. The summed E-state index contributed by atoms with van der Waals surface area (Å²) in [6.45, 7) is 5.43. The van der Waals surface area contributed by atoms with E-state index in [9.17, 15) is 0 Å². The van der Waals surface area contributed by atoms with E-state index in [-0.39, 0.29) is 11.5 Å². The number of nitrogens with one attached hydrogen (secondary N) is 1. The molecule has 1 N–H and O–H groups in total. The summed E-state index contributed by atoms with van der Waals surface area (Å²) in [6.07, 6.45) is 2.70. The van der Waals surface area contributed by atoms with E-state index in [0.717, 1.165) is 29.6 Å². The molecule has 1 saturated carbocycles. The molecule has 0 bridgehead atoms. The van der Waals surface area contributed by atoms with Crippen molar-refractivity contribution in [2.75, 3.05) is 13.7 Å². The topological polar surface area (TPSA) is 30.5 Å². The van der Waals surface area contributed by atoms with Crippen LogP contribution in [0.1, 0.15) is 25.8 Å². The van der Waals surface area contributed by atoms with Crippen molar-refractivity contribution < 1.29 is 9.47 Å². The minimum Gasteiger partial charge on any atom is -0.488 e. The number of hydrogen-bond acceptors (Lipinski definition) is 3. The molecule has 3 nitrogen and oxygen atoms in total. The second kappa shape index (κ2) is 5.32. The third kappa shape index (κ3) is 2.49. The minimum absolute atomic E-state index is 0.212. The molecule has 2 aliphatic rings. The van der Waals surface area contributed by atoms with Gasteiger partial charge in [-0.05, 0) is 30.2 Å². The molecule has 1 aromatic carbocycles. The highest BCUT2D eigenvalue weighted by molar-refractivity contribution is 9.10. The Bertz CT molecular complexity index is 503. The largest absolute Gasteiger partial charge is 0.488 e. The second-order valence-electron chi connectivity index (χ2n) is 6.44. The Kier molecular flexibility index (Phi) is 3.82. The van der Waals surface area contributed by atoms with Gasteiger partial charge in [0.15, 0.2) is 0 Å². The van der Waals surface area contributed by atoms with Crippen molar-refractivity contribution in [3.63, 3.8) is 0 Å². The molecule has 0 amide bonds. The van der Waals surface area contributed by atoms with Crippen molar-refractivity contribution in [2.24, 2.45) is 5.41 Å². The molecule has 3 unspecified atom stereocenters. The Morgan fingerprint density at radius 1 is 1.45 bits per heavy atom. The normalized spacial score (nSPS) is 30.5. The molecule has 0 aromatic heterocycles. The maximum absolute atomic E-state index is 5.99. The van der Waals surface area contributed by atoms with Crippen molar-refractivity contribution >= 4 is 15.9 Å². The van der Waals surface area contributed by atoms with Crippen LogP contribution in [0.15, 0.2) is 22.7 Å². The van der Waals surface area contributed by atoms with Crippen LogP contribution in [0, 0.1) is 5.41 Å². The van der Waals surface area contributed by atoms with E-state index in [0.29, 0.717) is 12.1 Å². The Balaban J connectivity index is 1.52. The summed E-state index contributed by atoms with van der Waals surface area (Å²) in [5.74, 6) is 1.03. The van der Waals surface area contributed by atoms with Gasteiger partial charge in [0.05, 0.1) is 6.10 Å². The highest BCUT2D eigenvalue weighted by Gasteiger charge is 2.48. The maximum atomic E-state index is 5.99. The summed E-state index contributed by atoms with van der Waals surface area (Å²) in [6, 6.07) is 6.76. The number of methoxy groups -OCH3 is 1. The van der Waals surface area contributed by atoms with Crippen LogP contribution < -0.4 is 10.1 Å². The Hall–Kier alpha value is -0.580. The molecule has 0 spiro atoms. The van der Waals surface area contributed by atoms with E-state index < -0.39 is 0 Å². The van der Waals surface area contributed by atoms with Gasteiger partial charge in [0.25, 0.3) is 0 Å². The summed E-state index contributed by atoms with van der Waals surface area (Å²) in [5, 5.41) is 3.65. The van der Waals surface area contributed by atoms with Crippen molar-refractivity contribution in [1.82, 2.24) is 5.32 Å². The monoisotopic (exact) mass is 339 g/mol. The van der Waals surface area contributed by atoms with Crippen molar-refractivity contribution in [2.45, 2.75) is 44.9 Å². The van der Waals surface area contributed by atoms with Crippen LogP contribution in [-0.4, -0.2) is 31.9 Å². The highest BCUT2D eigenvalue weighted by atomic mass is 79.9. The fraction of sp³-hybridized carbons (Fsp3) is 0.625. The molecule has 110 valence electrons. The summed E-state index contributed by atoms with van der Waals surface area (Å²) in [4.78, 5) is 0. The SMILES string of the molecule is COC1CC(NCC2Cc3cc(Br)ccc3O2)C1(C)C. The Morgan fingerprint density at radius 2 is 2.25 bits per heavy atom. The quantitative estimate of drug-likeness (QED) is 0.913. The average molecular weight is 340 g/mol. The number of benzene rings is 1. The standard InChI is InChI=1S/C16H22BrNO2/c1-16(2)14(8-15(16)19-3)18-9-12-7-10-6-11(17)4-5-13(10)20-12/h4-6,12,14-15,18H,7-9H2,1-3H3. The Morgan fingerprint density at radius 3 is 2.95 bits per heavy atom. The summed E-state index contributed by atoms with van der Waals surface area (Å²) >= 11 is 3.51. The van der Waals surface area contributed by atoms with Gasteiger partial charge in [-0.2, -0.15) is 0 Å². The molecule has 20 heavy (non-hydrogen) atoms. The van der Waals surface area contributed by atoms with Crippen LogP contribution in [-0.2, 0) is 11.2 Å². The molecule has 1 heterocycles. The predicted octanol–water partition coefficient (Wildman–Crippen LogP) is 3.16. The predicted molar refractivity (Wildman–Crippen MR) is 83.2 cm³/mol. The van der Waals surface area contributed by atoms with Gasteiger partial charge in [0.1, 0.15) is 11.9 Å². The zero-order valence-corrected chi connectivity index (χ0v) is 13.9. The average Bonchev–Trinajstić information content (AvgIpc) is 2.79. The summed E-state index contributed by atoms with van der Waals surface area (Å²) in [7, 11) is 1.80. The third-order valence-electron chi connectivity index (χ3n) is 4.82. The van der Waals surface area contributed by atoms with Crippen molar-refractivity contribution in [3.05, 3.63) is 28.2 Å². The third-order valence-corrected chi connectivity index (χ3v) is 5.31. The van der Waals surface area contributed by atoms with Gasteiger partial charge in [-0.15, -0.1) is 0 Å². The number of hydrogen-bond donors (Lipinski definition) is 1. The molecule has 1 aromatic rings. The number of halogens is 1. The minimum atomic E-state index is 0.212. The van der Waals surface area contributed by atoms with Gasteiger partial charge >= 0.3 is 0 Å². The van der Waals surface area contributed by atoms with Crippen LogP contribution in [0.2, 0.25) is 0 Å². The smallest absolute Gasteiger partial charge is 0.123 e. The van der Waals surface area contributed by atoms with Gasteiger partial charge in [-0.25, -0.2) is 0 Å². The molecular weight excluding hydrogens is 318 g/mol. The molecule has 3 atom stereocenters. The van der Waals surface area contributed by atoms with E-state index >= 15 is 0 Å². The van der Waals surface area contributed by atoms with Crippen molar-refractivity contribution in [3.8, 4) is 5.75 Å². The van der Waals surface area contributed by atoms with E-state index in [1.54, 1.807) is 7.11 Å². The Labute approximate surface area is 129 Å². The first-order valence-electron chi connectivity index (χ1n) is 7.22. The lowest BCUT2D eigenvalue weighted by Gasteiger charge is -2.51. The van der Waals surface area contributed by atoms with Gasteiger partial charge in [-0.1, -0.05) is 29.8 Å². The van der Waals surface area contributed by atoms with Crippen LogP contribution in [0.25, 0.3) is 0 Å². The van der Waals surface area contributed by atoms with Gasteiger partial charge in [0, 0.05) is 36.0 Å². The van der Waals surface area contributed by atoms with Gasteiger partial charge in [0.2, 0.25) is 0 Å². The highest BCUT2D eigenvalue weighted by Crippen LogP contribution is 2.42. The zero-order valence-electron chi connectivity index (χ0n) is 12.3. The first kappa shape index (κ1) is 14.4. The molecule has 0 saturated heterocycles. The van der Waals surface area contributed by atoms with E-state index in [1.165, 1.54) is 5.56 Å². The van der Waals surface area contributed by atoms with Crippen LogP contribution >= 0.6 is 15.9 Å². The molecule has 3 rings (SSSR count). The fourth-order valence-corrected chi connectivity index (χ4v) is 3.72. The lowest BCUT2D eigenvalue weighted by Crippen LogP contribution is -2.61. The zero-order chi connectivity index (χ0) is 14.3. The number of rotatable bonds is 4. The van der Waals surface area contributed by atoms with Crippen molar-refractivity contribution in [1.29, 1.82) is 0 Å². The molecule has 4 heteroatoms. The first-order valence-corrected chi connectivity index (χ1v) is 8.01. The lowest BCUT2D eigenvalue weighted by atomic mass is 9.64. The van der Waals surface area contributed by atoms with Crippen LogP contribution in [0.5, 0.6) is 5.75 Å². The van der Waals surface area contributed by atoms with Gasteiger partial charge < -0.3 is 14.8 Å². The van der Waals surface area contributed by atoms with Crippen LogP contribution in [0.3, 0.4) is 0 Å². The van der Waals surface area contributed by atoms with Gasteiger partial charge in [-0.3, -0.25) is 0 Å². The fourth-order valence-electron chi connectivity index (χ4n) is 3.31. The van der Waals surface area contributed by atoms with E-state index in [2.05, 4.69) is 41.2 Å². The first-order chi connectivity index (χ1) is 9.50. The summed E-state index contributed by atoms with van der Waals surface area (Å²) < 4.78 is 12.6. The molecule has 1 aliphatic carbocycles. The maximum Gasteiger partial charge on any atom is 0.123 e. The number of fused-ring (bicyclic) bond motifs is 1. The number of ether oxygens (including phenoxy) is 2. The van der Waals surface area contributed by atoms with Crippen LogP contribution in [0.4, 0.5) is 0 Å². The summed E-state index contributed by atoms with van der Waals surface area (Å²) in [5.41, 5.74) is 1.51.